The molecule has 0 aliphatic heterocycles. The molecule has 0 aliphatic rings. The van der Waals surface area contributed by atoms with E-state index in [0.717, 1.165) is 5.52 Å². The third-order valence-electron chi connectivity index (χ3n) is 1.80. The molecule has 0 spiro atoms. The average Bonchev–Trinajstić information content (AvgIpc) is 2.45. The molecule has 2 aromatic rings. The SMILES string of the molecule is OP(O)(Cl)(Cl)Oc1c[nH]c2ccccc12. The Morgan fingerprint density at radius 1 is 1.20 bits per heavy atom. The minimum atomic E-state index is -5.02. The van der Waals surface area contributed by atoms with Crippen molar-refractivity contribution >= 4 is 39.4 Å². The fourth-order valence-electron chi connectivity index (χ4n) is 1.28. The Hall–Kier alpha value is -0.510. The molecule has 0 amide bonds. The molecule has 0 saturated heterocycles. The molecular weight excluding hydrogens is 260 g/mol. The fraction of sp³-hybridized carbons (Fsp3) is 0. The Balaban J connectivity index is 2.46. The van der Waals surface area contributed by atoms with Gasteiger partial charge in [-0.05, 0) is 0 Å². The number of benzene rings is 1. The average molecular weight is 268 g/mol. The molecule has 1 aromatic carbocycles. The van der Waals surface area contributed by atoms with Crippen LogP contribution < -0.4 is 4.52 Å². The molecule has 3 N–H and O–H groups in total. The topological polar surface area (TPSA) is 65.5 Å². The van der Waals surface area contributed by atoms with Gasteiger partial charge in [0.15, 0.2) is 0 Å². The van der Waals surface area contributed by atoms with Gasteiger partial charge in [-0.2, -0.15) is 0 Å². The van der Waals surface area contributed by atoms with Crippen LogP contribution >= 0.6 is 28.5 Å². The van der Waals surface area contributed by atoms with Crippen LogP contribution in [0, 0.1) is 0 Å². The summed E-state index contributed by atoms with van der Waals surface area (Å²) in [4.78, 5) is 21.3. The molecule has 0 fully saturated rings. The number of rotatable bonds is 2. The van der Waals surface area contributed by atoms with E-state index in [1.54, 1.807) is 12.1 Å². The number of aromatic amines is 1. The van der Waals surface area contributed by atoms with Crippen LogP contribution in [0.15, 0.2) is 30.5 Å². The fourth-order valence-corrected chi connectivity index (χ4v) is 2.20. The summed E-state index contributed by atoms with van der Waals surface area (Å²) in [6.45, 7) is 0. The van der Waals surface area contributed by atoms with Gasteiger partial charge < -0.3 is 0 Å². The molecule has 0 radical (unpaired) electrons. The van der Waals surface area contributed by atoms with Crippen LogP contribution in [0.1, 0.15) is 0 Å². The first-order valence-corrected chi connectivity index (χ1v) is 7.90. The summed E-state index contributed by atoms with van der Waals surface area (Å²) in [5, 5.41) is 0.677. The summed E-state index contributed by atoms with van der Waals surface area (Å²) in [5.41, 5.74) is 0.793. The zero-order chi connectivity index (χ0) is 11.1. The van der Waals surface area contributed by atoms with E-state index in [1.165, 1.54) is 6.20 Å². The molecule has 4 nitrogen and oxygen atoms in total. The third kappa shape index (κ3) is 2.74. The van der Waals surface area contributed by atoms with E-state index in [2.05, 4.69) is 4.98 Å². The van der Waals surface area contributed by atoms with Crippen molar-refractivity contribution in [2.75, 3.05) is 0 Å². The number of aromatic nitrogens is 1. The molecular formula is C8H8Cl2NO3P. The van der Waals surface area contributed by atoms with Crippen molar-refractivity contribution in [3.8, 4) is 5.75 Å². The molecule has 7 heteroatoms. The molecule has 15 heavy (non-hydrogen) atoms. The van der Waals surface area contributed by atoms with E-state index in [0.29, 0.717) is 5.39 Å². The monoisotopic (exact) mass is 267 g/mol. The molecule has 0 unspecified atom stereocenters. The summed E-state index contributed by atoms with van der Waals surface area (Å²) in [5.74, 6) is -4.81. The quantitative estimate of drug-likeness (QED) is 0.733. The number of nitrogens with one attached hydrogen (secondary N) is 1. The van der Waals surface area contributed by atoms with Gasteiger partial charge in [-0.25, -0.2) is 0 Å². The first kappa shape index (κ1) is 11.0. The van der Waals surface area contributed by atoms with Gasteiger partial charge in [-0.15, -0.1) is 0 Å². The third-order valence-corrected chi connectivity index (χ3v) is 2.71. The first-order chi connectivity index (χ1) is 6.81. The Kier molecular flexibility index (Phi) is 2.37. The number of hydrogen-bond acceptors (Lipinski definition) is 3. The predicted octanol–water partition coefficient (Wildman–Crippen LogP) is 3.14. The number of hydrogen-bond donors (Lipinski definition) is 3. The summed E-state index contributed by atoms with van der Waals surface area (Å²) in [7, 11) is 0. The van der Waals surface area contributed by atoms with Crippen molar-refractivity contribution in [2.24, 2.45) is 0 Å². The van der Waals surface area contributed by atoms with Crippen LogP contribution in [-0.2, 0) is 0 Å². The zero-order valence-corrected chi connectivity index (χ0v) is 9.80. The van der Waals surface area contributed by atoms with Crippen molar-refractivity contribution < 1.29 is 14.3 Å². The summed E-state index contributed by atoms with van der Waals surface area (Å²) in [6, 6.07) is 7.18. The number of H-pyrrole nitrogens is 1. The normalized spacial score (nSPS) is 14.8. The maximum atomic E-state index is 9.20. The van der Waals surface area contributed by atoms with E-state index in [1.807, 2.05) is 12.1 Å². The van der Waals surface area contributed by atoms with E-state index in [-0.39, 0.29) is 5.75 Å². The number of halogens is 2. The maximum absolute atomic E-state index is 9.20. The van der Waals surface area contributed by atoms with Crippen LogP contribution in [0.25, 0.3) is 10.9 Å². The molecule has 82 valence electrons. The van der Waals surface area contributed by atoms with Crippen LogP contribution in [0.3, 0.4) is 0 Å². The van der Waals surface area contributed by atoms with Crippen LogP contribution in [-0.4, -0.2) is 14.8 Å². The minimum absolute atomic E-state index is 0.207. The van der Waals surface area contributed by atoms with E-state index in [9.17, 15) is 9.79 Å². The number of para-hydroxylation sites is 1. The second-order valence-electron chi connectivity index (χ2n) is 3.05. The van der Waals surface area contributed by atoms with Crippen LogP contribution in [0.4, 0.5) is 0 Å². The van der Waals surface area contributed by atoms with Crippen LogP contribution in [0.5, 0.6) is 5.75 Å². The Bertz CT molecular complexity index is 496. The molecule has 0 atom stereocenters. The van der Waals surface area contributed by atoms with E-state index in [4.69, 9.17) is 27.0 Å². The van der Waals surface area contributed by atoms with Crippen molar-refractivity contribution in [3.63, 3.8) is 0 Å². The Labute approximate surface area is 95.1 Å². The van der Waals surface area contributed by atoms with Crippen molar-refractivity contribution in [2.45, 2.75) is 0 Å². The first-order valence-electron chi connectivity index (χ1n) is 4.03. The molecule has 0 aliphatic carbocycles. The summed E-state index contributed by atoms with van der Waals surface area (Å²) in [6.07, 6.45) is 1.46. The molecule has 0 bridgehead atoms. The van der Waals surface area contributed by atoms with Crippen LogP contribution in [0.2, 0.25) is 0 Å². The molecule has 1 heterocycles. The molecule has 1 aromatic heterocycles. The predicted molar refractivity (Wildman–Crippen MR) is 62.0 cm³/mol. The van der Waals surface area contributed by atoms with E-state index >= 15 is 0 Å². The van der Waals surface area contributed by atoms with Gasteiger partial charge in [0.1, 0.15) is 0 Å². The Morgan fingerprint density at radius 2 is 1.87 bits per heavy atom. The zero-order valence-electron chi connectivity index (χ0n) is 7.39. The van der Waals surface area contributed by atoms with Crippen molar-refractivity contribution in [1.29, 1.82) is 0 Å². The summed E-state index contributed by atoms with van der Waals surface area (Å²) < 4.78 is 4.78. The van der Waals surface area contributed by atoms with Gasteiger partial charge in [-0.1, -0.05) is 0 Å². The van der Waals surface area contributed by atoms with Gasteiger partial charge in [0.2, 0.25) is 0 Å². The second-order valence-corrected chi connectivity index (χ2v) is 8.92. The van der Waals surface area contributed by atoms with Crippen molar-refractivity contribution in [1.82, 2.24) is 4.98 Å². The van der Waals surface area contributed by atoms with Gasteiger partial charge in [0.25, 0.3) is 0 Å². The molecule has 2 rings (SSSR count). The summed E-state index contributed by atoms with van der Waals surface area (Å²) >= 11 is 10.5. The Morgan fingerprint density at radius 3 is 2.53 bits per heavy atom. The van der Waals surface area contributed by atoms with Gasteiger partial charge in [0.05, 0.1) is 0 Å². The second kappa shape index (κ2) is 3.24. The van der Waals surface area contributed by atoms with Crippen molar-refractivity contribution in [3.05, 3.63) is 30.5 Å². The standard InChI is InChI=1S/C8H8Cl2NO3P/c9-15(10,12,13)14-8-5-11-7-4-2-1-3-6(7)8/h1-5,11-13H. The van der Waals surface area contributed by atoms with E-state index < -0.39 is 5.99 Å². The van der Waals surface area contributed by atoms with Gasteiger partial charge in [0, 0.05) is 0 Å². The number of fused-ring (bicyclic) bond motifs is 1. The molecule has 0 saturated carbocycles. The van der Waals surface area contributed by atoms with Gasteiger partial charge >= 0.3 is 94.9 Å². The van der Waals surface area contributed by atoms with Gasteiger partial charge in [-0.3, -0.25) is 0 Å².